The zero-order valence-corrected chi connectivity index (χ0v) is 24.1. The van der Waals surface area contributed by atoms with Gasteiger partial charge < -0.3 is 14.7 Å². The number of hydrogen-bond acceptors (Lipinski definition) is 7. The number of aromatic hydroxyl groups is 1. The van der Waals surface area contributed by atoms with E-state index in [1.54, 1.807) is 6.07 Å². The number of alkyl halides is 1. The lowest BCUT2D eigenvalue weighted by molar-refractivity contribution is 0.107. The first-order chi connectivity index (χ1) is 20.8. The number of fused-ring (bicyclic) bond motifs is 5. The van der Waals surface area contributed by atoms with Gasteiger partial charge in [-0.25, -0.2) is 17.6 Å². The van der Waals surface area contributed by atoms with Gasteiger partial charge in [0.2, 0.25) is 0 Å². The number of phenolic OH excluding ortho intramolecular Hbond substituents is 1. The number of halogens is 4. The van der Waals surface area contributed by atoms with Crippen molar-refractivity contribution in [2.45, 2.75) is 54.3 Å². The molecule has 0 spiro atoms. The molecule has 4 saturated heterocycles. The molecular weight excluding hydrogens is 580 g/mol. The Morgan fingerprint density at radius 2 is 1.79 bits per heavy atom. The van der Waals surface area contributed by atoms with Crippen LogP contribution < -0.4 is 9.64 Å². The molecule has 4 aliphatic heterocycles. The summed E-state index contributed by atoms with van der Waals surface area (Å²) < 4.78 is 66.6. The Kier molecular flexibility index (Phi) is 6.41. The van der Waals surface area contributed by atoms with Crippen LogP contribution in [0, 0.1) is 17.5 Å². The Labute approximate surface area is 250 Å². The molecule has 43 heavy (non-hydrogen) atoms. The number of hydrogen-bond donors (Lipinski definition) is 1. The second-order valence-electron chi connectivity index (χ2n) is 12.3. The standard InChI is InChI=1S/C32H30F4N4O2S/c33-18-12-32(8-1-9-40(32)13-18)16-42-31-37-29-23(30(38-31)39-14-20-3-4-21(15-39)43-20)6-5-22(27(29)35)24-11-19(41)10-17-2-7-25(34)28(36)26(17)24/h2,5-7,10-11,18,20-21,41H,1,3-4,8-9,12-16H2/t18-,20-,21+,32+/m1/s1. The van der Waals surface area contributed by atoms with Crippen LogP contribution in [0.2, 0.25) is 0 Å². The van der Waals surface area contributed by atoms with Crippen LogP contribution in [0.1, 0.15) is 32.1 Å². The van der Waals surface area contributed by atoms with E-state index in [1.165, 1.54) is 24.3 Å². The molecule has 0 saturated carbocycles. The van der Waals surface area contributed by atoms with E-state index in [9.17, 15) is 13.9 Å². The monoisotopic (exact) mass is 610 g/mol. The van der Waals surface area contributed by atoms with E-state index < -0.39 is 29.2 Å². The maximum Gasteiger partial charge on any atom is 0.319 e. The fourth-order valence-corrected chi connectivity index (χ4v) is 9.29. The number of nitrogens with zero attached hydrogens (tertiary/aromatic N) is 4. The van der Waals surface area contributed by atoms with Gasteiger partial charge in [-0.3, -0.25) is 4.90 Å². The minimum absolute atomic E-state index is 0.00523. The molecule has 1 aromatic heterocycles. The highest BCUT2D eigenvalue weighted by molar-refractivity contribution is 8.00. The van der Waals surface area contributed by atoms with Crippen molar-refractivity contribution in [3.63, 3.8) is 0 Å². The summed E-state index contributed by atoms with van der Waals surface area (Å²) in [6.45, 7) is 2.92. The third kappa shape index (κ3) is 4.49. The number of ether oxygens (including phenoxy) is 1. The van der Waals surface area contributed by atoms with Gasteiger partial charge in [-0.05, 0) is 67.4 Å². The molecule has 4 fully saturated rings. The summed E-state index contributed by atoms with van der Waals surface area (Å²) in [6.07, 6.45) is 3.47. The van der Waals surface area contributed by atoms with Crippen LogP contribution in [-0.4, -0.2) is 75.0 Å². The average molecular weight is 611 g/mol. The number of aromatic nitrogens is 2. The molecule has 224 valence electrons. The van der Waals surface area contributed by atoms with Crippen LogP contribution in [0.15, 0.2) is 36.4 Å². The summed E-state index contributed by atoms with van der Waals surface area (Å²) in [7, 11) is 0. The van der Waals surface area contributed by atoms with Crippen molar-refractivity contribution in [3.05, 3.63) is 53.8 Å². The molecule has 0 unspecified atom stereocenters. The molecule has 8 rings (SSSR count). The van der Waals surface area contributed by atoms with E-state index >= 15 is 8.78 Å². The van der Waals surface area contributed by atoms with E-state index in [-0.39, 0.29) is 45.8 Å². The van der Waals surface area contributed by atoms with Gasteiger partial charge in [-0.1, -0.05) is 12.1 Å². The van der Waals surface area contributed by atoms with Crippen molar-refractivity contribution in [1.29, 1.82) is 0 Å². The van der Waals surface area contributed by atoms with Crippen LogP contribution in [-0.2, 0) is 0 Å². The lowest BCUT2D eigenvalue weighted by Gasteiger charge is -2.33. The lowest BCUT2D eigenvalue weighted by Crippen LogP contribution is -2.43. The highest BCUT2D eigenvalue weighted by Gasteiger charge is 2.49. The molecule has 4 aromatic rings. The molecule has 4 atom stereocenters. The van der Waals surface area contributed by atoms with Gasteiger partial charge in [0, 0.05) is 52.9 Å². The predicted octanol–water partition coefficient (Wildman–Crippen LogP) is 6.61. The summed E-state index contributed by atoms with van der Waals surface area (Å²) >= 11 is 1.98. The SMILES string of the molecule is Oc1cc(-c2ccc3c(N4C[C@H]5CC[C@@H](C4)S5)nc(OC[C@@]45CCCN4C[C@H](F)C5)nc3c2F)c2c(F)c(F)ccc2c1. The molecule has 5 heterocycles. The molecular formula is C32H30F4N4O2S. The average Bonchev–Trinajstić information content (AvgIpc) is 3.63. The first-order valence-corrected chi connectivity index (χ1v) is 15.8. The molecule has 0 aliphatic carbocycles. The first kappa shape index (κ1) is 27.3. The molecule has 3 aromatic carbocycles. The van der Waals surface area contributed by atoms with Crippen molar-refractivity contribution in [2.75, 3.05) is 37.7 Å². The second-order valence-corrected chi connectivity index (χ2v) is 13.9. The van der Waals surface area contributed by atoms with Gasteiger partial charge in [-0.2, -0.15) is 21.7 Å². The van der Waals surface area contributed by atoms with Crippen LogP contribution in [0.25, 0.3) is 32.8 Å². The predicted molar refractivity (Wildman–Crippen MR) is 159 cm³/mol. The normalized spacial score (nSPS) is 27.0. The van der Waals surface area contributed by atoms with E-state index in [2.05, 4.69) is 14.8 Å². The Balaban J connectivity index is 1.26. The Morgan fingerprint density at radius 3 is 2.60 bits per heavy atom. The number of rotatable bonds is 5. The molecule has 6 nitrogen and oxygen atoms in total. The molecule has 0 amide bonds. The van der Waals surface area contributed by atoms with Crippen molar-refractivity contribution in [3.8, 4) is 22.9 Å². The van der Waals surface area contributed by atoms with Gasteiger partial charge >= 0.3 is 6.01 Å². The van der Waals surface area contributed by atoms with E-state index in [0.717, 1.165) is 51.4 Å². The summed E-state index contributed by atoms with van der Waals surface area (Å²) in [4.78, 5) is 13.6. The van der Waals surface area contributed by atoms with Crippen LogP contribution in [0.5, 0.6) is 11.8 Å². The van der Waals surface area contributed by atoms with E-state index in [4.69, 9.17) is 9.72 Å². The first-order valence-electron chi connectivity index (χ1n) is 14.8. The second kappa shape index (κ2) is 10.1. The zero-order valence-electron chi connectivity index (χ0n) is 23.3. The molecule has 2 bridgehead atoms. The zero-order chi connectivity index (χ0) is 29.5. The fraction of sp³-hybridized carbons (Fsp3) is 0.438. The molecule has 4 aliphatic rings. The van der Waals surface area contributed by atoms with E-state index in [1.807, 2.05) is 11.8 Å². The number of benzene rings is 3. The van der Waals surface area contributed by atoms with E-state index in [0.29, 0.717) is 34.7 Å². The minimum Gasteiger partial charge on any atom is -0.508 e. The maximum atomic E-state index is 16.6. The van der Waals surface area contributed by atoms with Crippen molar-refractivity contribution < 1.29 is 27.4 Å². The largest absolute Gasteiger partial charge is 0.508 e. The van der Waals surface area contributed by atoms with Gasteiger partial charge in [0.15, 0.2) is 17.5 Å². The molecule has 0 radical (unpaired) electrons. The van der Waals surface area contributed by atoms with Gasteiger partial charge in [0.05, 0.1) is 5.54 Å². The van der Waals surface area contributed by atoms with Crippen LogP contribution in [0.3, 0.4) is 0 Å². The Morgan fingerprint density at radius 1 is 0.977 bits per heavy atom. The smallest absolute Gasteiger partial charge is 0.319 e. The van der Waals surface area contributed by atoms with Gasteiger partial charge in [0.25, 0.3) is 0 Å². The number of anilines is 1. The lowest BCUT2D eigenvalue weighted by atomic mass is 9.95. The highest BCUT2D eigenvalue weighted by atomic mass is 32.2. The summed E-state index contributed by atoms with van der Waals surface area (Å²) in [5, 5.41) is 11.9. The highest BCUT2D eigenvalue weighted by Crippen LogP contribution is 2.44. The summed E-state index contributed by atoms with van der Waals surface area (Å²) in [5.74, 6) is -2.58. The van der Waals surface area contributed by atoms with Crippen molar-refractivity contribution >= 4 is 39.3 Å². The van der Waals surface area contributed by atoms with Crippen LogP contribution in [0.4, 0.5) is 23.4 Å². The Hall–Kier alpha value is -3.31. The third-order valence-electron chi connectivity index (χ3n) is 9.62. The van der Waals surface area contributed by atoms with Crippen LogP contribution >= 0.6 is 11.8 Å². The Bertz CT molecular complexity index is 1760. The summed E-state index contributed by atoms with van der Waals surface area (Å²) in [6, 6.07) is 8.08. The number of thioether (sulfide) groups is 1. The molecule has 11 heteroatoms. The topological polar surface area (TPSA) is 61.7 Å². The number of phenols is 1. The van der Waals surface area contributed by atoms with Gasteiger partial charge in [-0.15, -0.1) is 0 Å². The summed E-state index contributed by atoms with van der Waals surface area (Å²) in [5.41, 5.74) is -0.449. The maximum absolute atomic E-state index is 16.6. The quantitative estimate of drug-likeness (QED) is 0.255. The third-order valence-corrected chi connectivity index (χ3v) is 11.2. The fourth-order valence-electron chi connectivity index (χ4n) is 7.67. The van der Waals surface area contributed by atoms with Crippen molar-refractivity contribution in [2.24, 2.45) is 0 Å². The van der Waals surface area contributed by atoms with Crippen molar-refractivity contribution in [1.82, 2.24) is 14.9 Å². The minimum atomic E-state index is -1.12. The molecule has 1 N–H and O–H groups in total. The van der Waals surface area contributed by atoms with Gasteiger partial charge in [0.1, 0.15) is 29.9 Å².